The number of ether oxygens (including phenoxy) is 3. The molecule has 0 aliphatic rings. The number of benzene rings is 1. The van der Waals surface area contributed by atoms with Crippen LogP contribution in [0, 0.1) is 0 Å². The number of amides is 1. The highest BCUT2D eigenvalue weighted by Crippen LogP contribution is 2.38. The first-order valence-corrected chi connectivity index (χ1v) is 5.56. The molecule has 0 aromatic heterocycles. The average molecular weight is 267 g/mol. The lowest BCUT2D eigenvalue weighted by molar-refractivity contribution is -0.138. The number of methoxy groups -OCH3 is 3. The van der Waals surface area contributed by atoms with E-state index < -0.39 is 5.91 Å². The van der Waals surface area contributed by atoms with Gasteiger partial charge in [0.1, 0.15) is 0 Å². The number of hydrogen-bond donors (Lipinski definition) is 0. The molecule has 0 aliphatic heterocycles. The smallest absolute Gasteiger partial charge is 0.286 e. The van der Waals surface area contributed by atoms with Gasteiger partial charge in [-0.05, 0) is 17.7 Å². The highest BCUT2D eigenvalue weighted by atomic mass is 16.5. The van der Waals surface area contributed by atoms with E-state index in [1.165, 1.54) is 26.2 Å². The first kappa shape index (κ1) is 14.8. The van der Waals surface area contributed by atoms with Crippen LogP contribution in [0.15, 0.2) is 12.1 Å². The maximum Gasteiger partial charge on any atom is 0.286 e. The Balaban J connectivity index is 3.09. The number of carbonyl (C=O) groups is 2. The molecule has 0 aliphatic carbocycles. The summed E-state index contributed by atoms with van der Waals surface area (Å²) in [6.45, 7) is 0.272. The lowest BCUT2D eigenvalue weighted by Gasteiger charge is -2.17. The Morgan fingerprint density at radius 2 is 1.68 bits per heavy atom. The Bertz CT molecular complexity index is 447. The molecule has 1 aromatic rings. The molecule has 6 heteroatoms. The molecule has 0 saturated heterocycles. The summed E-state index contributed by atoms with van der Waals surface area (Å²) < 4.78 is 15.6. The van der Waals surface area contributed by atoms with E-state index >= 15 is 0 Å². The Hall–Kier alpha value is -2.24. The van der Waals surface area contributed by atoms with Gasteiger partial charge in [0.15, 0.2) is 11.5 Å². The minimum absolute atomic E-state index is 0.272. The fourth-order valence-corrected chi connectivity index (χ4v) is 1.67. The number of rotatable bonds is 6. The second-order valence-corrected chi connectivity index (χ2v) is 3.85. The summed E-state index contributed by atoms with van der Waals surface area (Å²) in [6.07, 6.45) is 0.276. The van der Waals surface area contributed by atoms with E-state index in [2.05, 4.69) is 0 Å². The molecule has 6 nitrogen and oxygen atoms in total. The highest BCUT2D eigenvalue weighted by molar-refractivity contribution is 6.23. The van der Waals surface area contributed by atoms with Crippen molar-refractivity contribution < 1.29 is 23.8 Å². The number of likely N-dealkylation sites (N-methyl/N-ethyl adjacent to an activating group) is 1. The van der Waals surface area contributed by atoms with Crippen molar-refractivity contribution in [3.05, 3.63) is 17.7 Å². The molecule has 0 radical (unpaired) electrons. The topological polar surface area (TPSA) is 65.1 Å². The van der Waals surface area contributed by atoms with E-state index in [0.29, 0.717) is 17.2 Å². The molecule has 19 heavy (non-hydrogen) atoms. The normalized spacial score (nSPS) is 9.68. The van der Waals surface area contributed by atoms with Crippen LogP contribution in [0.1, 0.15) is 5.56 Å². The van der Waals surface area contributed by atoms with Crippen LogP contribution in [0.4, 0.5) is 0 Å². The summed E-state index contributed by atoms with van der Waals surface area (Å²) in [5.41, 5.74) is 0.771. The minimum Gasteiger partial charge on any atom is -0.493 e. The van der Waals surface area contributed by atoms with Crippen LogP contribution in [0.5, 0.6) is 17.2 Å². The number of hydrogen-bond acceptors (Lipinski definition) is 5. The summed E-state index contributed by atoms with van der Waals surface area (Å²) in [6, 6.07) is 3.46. The standard InChI is InChI=1S/C13H17NO5/c1-14(12(16)8-15)7-9-5-10(17-2)13(19-4)11(6-9)18-3/h5-6,8H,7H2,1-4H3. The van der Waals surface area contributed by atoms with Crippen LogP contribution in [0.25, 0.3) is 0 Å². The van der Waals surface area contributed by atoms with Gasteiger partial charge >= 0.3 is 0 Å². The van der Waals surface area contributed by atoms with Gasteiger partial charge in [-0.3, -0.25) is 9.59 Å². The number of aldehydes is 1. The van der Waals surface area contributed by atoms with Gasteiger partial charge in [-0.1, -0.05) is 0 Å². The van der Waals surface area contributed by atoms with Crippen molar-refractivity contribution >= 4 is 12.2 Å². The number of nitrogens with zero attached hydrogens (tertiary/aromatic N) is 1. The fraction of sp³-hybridized carbons (Fsp3) is 0.385. The molecule has 0 unspecified atom stereocenters. The zero-order valence-corrected chi connectivity index (χ0v) is 11.4. The average Bonchev–Trinajstić information content (AvgIpc) is 2.44. The zero-order valence-electron chi connectivity index (χ0n) is 11.4. The summed E-state index contributed by atoms with van der Waals surface area (Å²) in [7, 11) is 6.09. The molecule has 0 saturated carbocycles. The van der Waals surface area contributed by atoms with Crippen LogP contribution in [-0.2, 0) is 16.1 Å². The van der Waals surface area contributed by atoms with Gasteiger partial charge in [-0.2, -0.15) is 0 Å². The third kappa shape index (κ3) is 3.37. The van der Waals surface area contributed by atoms with Gasteiger partial charge < -0.3 is 19.1 Å². The second kappa shape index (κ2) is 6.63. The largest absolute Gasteiger partial charge is 0.493 e. The van der Waals surface area contributed by atoms with E-state index in [1.807, 2.05) is 0 Å². The Morgan fingerprint density at radius 1 is 1.16 bits per heavy atom. The highest BCUT2D eigenvalue weighted by Gasteiger charge is 2.15. The summed E-state index contributed by atoms with van der Waals surface area (Å²) in [5, 5.41) is 0. The van der Waals surface area contributed by atoms with Gasteiger partial charge in [0.25, 0.3) is 5.91 Å². The third-order valence-electron chi connectivity index (χ3n) is 2.62. The van der Waals surface area contributed by atoms with Crippen molar-refractivity contribution in [2.75, 3.05) is 28.4 Å². The molecule has 0 bridgehead atoms. The van der Waals surface area contributed by atoms with Crippen LogP contribution < -0.4 is 14.2 Å². The van der Waals surface area contributed by atoms with Crippen molar-refractivity contribution in [2.24, 2.45) is 0 Å². The Morgan fingerprint density at radius 3 is 2.05 bits per heavy atom. The fourth-order valence-electron chi connectivity index (χ4n) is 1.67. The van der Waals surface area contributed by atoms with Gasteiger partial charge in [-0.15, -0.1) is 0 Å². The van der Waals surface area contributed by atoms with Crippen LogP contribution in [0.2, 0.25) is 0 Å². The molecular weight excluding hydrogens is 250 g/mol. The van der Waals surface area contributed by atoms with E-state index in [9.17, 15) is 9.59 Å². The first-order chi connectivity index (χ1) is 9.07. The zero-order chi connectivity index (χ0) is 14.4. The summed E-state index contributed by atoms with van der Waals surface area (Å²) in [5.74, 6) is 0.902. The maximum atomic E-state index is 11.2. The van der Waals surface area contributed by atoms with Crippen molar-refractivity contribution in [1.29, 1.82) is 0 Å². The van der Waals surface area contributed by atoms with Crippen LogP contribution in [0.3, 0.4) is 0 Å². The number of carbonyl (C=O) groups excluding carboxylic acids is 2. The van der Waals surface area contributed by atoms with Gasteiger partial charge in [-0.25, -0.2) is 0 Å². The van der Waals surface area contributed by atoms with Gasteiger partial charge in [0, 0.05) is 13.6 Å². The summed E-state index contributed by atoms with van der Waals surface area (Å²) in [4.78, 5) is 22.9. The molecular formula is C13H17NO5. The van der Waals surface area contributed by atoms with Crippen molar-refractivity contribution in [3.8, 4) is 17.2 Å². The second-order valence-electron chi connectivity index (χ2n) is 3.85. The molecule has 1 amide bonds. The Labute approximate surface area is 111 Å². The molecule has 0 N–H and O–H groups in total. The molecule has 0 atom stereocenters. The van der Waals surface area contributed by atoms with Crippen LogP contribution in [-0.4, -0.2) is 45.5 Å². The predicted molar refractivity (Wildman–Crippen MR) is 68.6 cm³/mol. The monoisotopic (exact) mass is 267 g/mol. The summed E-state index contributed by atoms with van der Waals surface area (Å²) >= 11 is 0. The van der Waals surface area contributed by atoms with E-state index in [1.54, 1.807) is 19.2 Å². The molecule has 0 spiro atoms. The van der Waals surface area contributed by atoms with E-state index in [-0.39, 0.29) is 12.8 Å². The van der Waals surface area contributed by atoms with Crippen molar-refractivity contribution in [2.45, 2.75) is 6.54 Å². The molecule has 0 fully saturated rings. The van der Waals surface area contributed by atoms with Gasteiger partial charge in [0.2, 0.25) is 12.0 Å². The Kier molecular flexibility index (Phi) is 5.17. The molecule has 1 aromatic carbocycles. The molecule has 1 rings (SSSR count). The van der Waals surface area contributed by atoms with Crippen molar-refractivity contribution in [1.82, 2.24) is 4.90 Å². The lowest BCUT2D eigenvalue weighted by Crippen LogP contribution is -2.26. The van der Waals surface area contributed by atoms with Gasteiger partial charge in [0.05, 0.1) is 21.3 Å². The van der Waals surface area contributed by atoms with Crippen LogP contribution >= 0.6 is 0 Å². The van der Waals surface area contributed by atoms with Crippen molar-refractivity contribution in [3.63, 3.8) is 0 Å². The third-order valence-corrected chi connectivity index (χ3v) is 2.62. The lowest BCUT2D eigenvalue weighted by atomic mass is 10.1. The first-order valence-electron chi connectivity index (χ1n) is 5.56. The predicted octanol–water partition coefficient (Wildman–Crippen LogP) is 0.870. The quantitative estimate of drug-likeness (QED) is 0.565. The molecule has 0 heterocycles. The molecule has 104 valence electrons. The van der Waals surface area contributed by atoms with E-state index in [0.717, 1.165) is 5.56 Å². The maximum absolute atomic E-state index is 11.2. The minimum atomic E-state index is -0.589. The SMILES string of the molecule is COc1cc(CN(C)C(=O)C=O)cc(OC)c1OC. The van der Waals surface area contributed by atoms with E-state index in [4.69, 9.17) is 14.2 Å².